The van der Waals surface area contributed by atoms with E-state index in [0.29, 0.717) is 12.1 Å². The molecule has 0 saturated carbocycles. The first kappa shape index (κ1) is 20.1. The van der Waals surface area contributed by atoms with E-state index in [1.165, 1.54) is 6.92 Å². The largest absolute Gasteiger partial charge is 0.514 e. The van der Waals surface area contributed by atoms with Crippen LogP contribution in [-0.4, -0.2) is 37.4 Å². The molecule has 0 aromatic heterocycles. The SMILES string of the molecule is C=C(C)C(=O)Oc1ccc(S(=O)(=O)N(O)S(=O)(=O)C(F)(F)F)cc1. The van der Waals surface area contributed by atoms with E-state index in [9.17, 15) is 34.8 Å². The Morgan fingerprint density at radius 1 is 1.17 bits per heavy atom. The second kappa shape index (κ2) is 6.51. The van der Waals surface area contributed by atoms with Gasteiger partial charge in [0.2, 0.25) is 0 Å². The lowest BCUT2D eigenvalue weighted by molar-refractivity contribution is -0.130. The molecular weight excluding hydrogens is 379 g/mol. The molecule has 0 atom stereocenters. The van der Waals surface area contributed by atoms with Gasteiger partial charge in [-0.25, -0.2) is 13.2 Å². The summed E-state index contributed by atoms with van der Waals surface area (Å²) >= 11 is 0. The van der Waals surface area contributed by atoms with E-state index in [1.54, 1.807) is 0 Å². The van der Waals surface area contributed by atoms with Crippen LogP contribution in [0.5, 0.6) is 5.75 Å². The molecule has 13 heteroatoms. The summed E-state index contributed by atoms with van der Waals surface area (Å²) in [5.41, 5.74) is -5.99. The molecule has 8 nitrogen and oxygen atoms in total. The van der Waals surface area contributed by atoms with Gasteiger partial charge in [-0.15, -0.1) is 0 Å². The summed E-state index contributed by atoms with van der Waals surface area (Å²) in [5, 5.41) is 9.02. The Bertz CT molecular complexity index is 858. The van der Waals surface area contributed by atoms with Crippen molar-refractivity contribution >= 4 is 26.0 Å². The van der Waals surface area contributed by atoms with Crippen molar-refractivity contribution < 1.29 is 44.7 Å². The van der Waals surface area contributed by atoms with Crippen molar-refractivity contribution in [1.82, 2.24) is 3.87 Å². The predicted octanol–water partition coefficient (Wildman–Crippen LogP) is 1.40. The van der Waals surface area contributed by atoms with Crippen LogP contribution in [0, 0.1) is 0 Å². The van der Waals surface area contributed by atoms with Gasteiger partial charge in [-0.1, -0.05) is 6.58 Å². The van der Waals surface area contributed by atoms with Crippen LogP contribution >= 0.6 is 0 Å². The first-order chi connectivity index (χ1) is 10.7. The van der Waals surface area contributed by atoms with Gasteiger partial charge in [0.15, 0.2) is 0 Å². The molecule has 1 rings (SSSR count). The molecule has 0 bridgehead atoms. The highest BCUT2D eigenvalue weighted by Gasteiger charge is 2.54. The predicted molar refractivity (Wildman–Crippen MR) is 72.7 cm³/mol. The zero-order valence-electron chi connectivity index (χ0n) is 11.8. The standard InChI is InChI=1S/C11H10F3NO7S2/c1-7(2)10(16)22-8-3-5-9(6-4-8)23(18,19)15(17)24(20,21)11(12,13)14/h3-6,17H,1H2,2H3. The first-order valence-corrected chi connectivity index (χ1v) is 8.62. The minimum atomic E-state index is -6.52. The molecule has 0 fully saturated rings. The fourth-order valence-electron chi connectivity index (χ4n) is 1.18. The normalized spacial score (nSPS) is 12.9. The Hall–Kier alpha value is -1.96. The number of alkyl halides is 3. The lowest BCUT2D eigenvalue weighted by Crippen LogP contribution is -2.42. The van der Waals surface area contributed by atoms with E-state index in [1.807, 2.05) is 0 Å². The zero-order valence-corrected chi connectivity index (χ0v) is 13.4. The van der Waals surface area contributed by atoms with E-state index in [2.05, 4.69) is 6.58 Å². The molecule has 0 amide bonds. The van der Waals surface area contributed by atoms with Crippen LogP contribution < -0.4 is 4.74 Å². The van der Waals surface area contributed by atoms with Crippen molar-refractivity contribution in [2.45, 2.75) is 17.3 Å². The zero-order chi connectivity index (χ0) is 18.9. The molecule has 0 unspecified atom stereocenters. The summed E-state index contributed by atoms with van der Waals surface area (Å²) in [7, 11) is -11.9. The van der Waals surface area contributed by atoms with Gasteiger partial charge >= 0.3 is 21.5 Å². The molecular formula is C11H10F3NO7S2. The third-order valence-electron chi connectivity index (χ3n) is 2.38. The van der Waals surface area contributed by atoms with E-state index in [4.69, 9.17) is 9.94 Å². The Balaban J connectivity index is 3.17. The molecule has 0 aliphatic carbocycles. The molecule has 0 aliphatic rings. The van der Waals surface area contributed by atoms with E-state index >= 15 is 0 Å². The summed E-state index contributed by atoms with van der Waals surface area (Å²) < 4.78 is 85.2. The lowest BCUT2D eigenvalue weighted by Gasteiger charge is -2.16. The minimum absolute atomic E-state index is 0.0319. The van der Waals surface area contributed by atoms with Gasteiger partial charge in [0.1, 0.15) is 5.75 Å². The highest BCUT2D eigenvalue weighted by molar-refractivity contribution is 8.04. The molecule has 1 aromatic carbocycles. The van der Waals surface area contributed by atoms with Crippen molar-refractivity contribution in [3.63, 3.8) is 0 Å². The Morgan fingerprint density at radius 3 is 2.00 bits per heavy atom. The van der Waals surface area contributed by atoms with Crippen molar-refractivity contribution in [1.29, 1.82) is 0 Å². The smallest absolute Gasteiger partial charge is 0.423 e. The van der Waals surface area contributed by atoms with Crippen molar-refractivity contribution in [2.75, 3.05) is 0 Å². The minimum Gasteiger partial charge on any atom is -0.423 e. The van der Waals surface area contributed by atoms with Crippen molar-refractivity contribution in [3.8, 4) is 5.75 Å². The topological polar surface area (TPSA) is 118 Å². The van der Waals surface area contributed by atoms with Gasteiger partial charge in [0.05, 0.1) is 4.90 Å². The Kier molecular flexibility index (Phi) is 5.44. The highest BCUT2D eigenvalue weighted by Crippen LogP contribution is 2.30. The van der Waals surface area contributed by atoms with E-state index in [0.717, 1.165) is 12.1 Å². The highest BCUT2D eigenvalue weighted by atomic mass is 32.3. The number of carbonyl (C=O) groups excluding carboxylic acids is 1. The maximum atomic E-state index is 12.3. The van der Waals surface area contributed by atoms with Gasteiger partial charge in [-0.05, 0) is 31.2 Å². The molecule has 1 aromatic rings. The molecule has 0 aliphatic heterocycles. The quantitative estimate of drug-likeness (QED) is 0.350. The number of benzene rings is 1. The summed E-state index contributed by atoms with van der Waals surface area (Å²) in [6.07, 6.45) is 0. The number of ether oxygens (including phenoxy) is 1. The fourth-order valence-corrected chi connectivity index (χ4v) is 3.56. The monoisotopic (exact) mass is 389 g/mol. The number of hydrogen-bond donors (Lipinski definition) is 1. The second-order valence-electron chi connectivity index (χ2n) is 4.27. The second-order valence-corrected chi connectivity index (χ2v) is 8.03. The van der Waals surface area contributed by atoms with Gasteiger partial charge in [0.25, 0.3) is 10.0 Å². The third kappa shape index (κ3) is 3.92. The number of rotatable bonds is 5. The van der Waals surface area contributed by atoms with Gasteiger partial charge in [-0.3, -0.25) is 5.21 Å². The van der Waals surface area contributed by atoms with Crippen LogP contribution in [0.4, 0.5) is 13.2 Å². The van der Waals surface area contributed by atoms with Crippen molar-refractivity contribution in [2.24, 2.45) is 0 Å². The van der Waals surface area contributed by atoms with Crippen LogP contribution in [0.2, 0.25) is 0 Å². The lowest BCUT2D eigenvalue weighted by atomic mass is 10.3. The molecule has 1 N–H and O–H groups in total. The van der Waals surface area contributed by atoms with Crippen LogP contribution in [0.25, 0.3) is 0 Å². The van der Waals surface area contributed by atoms with Crippen LogP contribution in [-0.2, 0) is 24.8 Å². The molecule has 0 spiro atoms. The molecule has 134 valence electrons. The maximum Gasteiger partial charge on any atom is 0.514 e. The average molecular weight is 389 g/mol. The maximum absolute atomic E-state index is 12.3. The number of sulfonamides is 2. The number of esters is 1. The molecule has 24 heavy (non-hydrogen) atoms. The Morgan fingerprint density at radius 2 is 1.62 bits per heavy atom. The average Bonchev–Trinajstić information content (AvgIpc) is 2.45. The summed E-state index contributed by atoms with van der Waals surface area (Å²) in [6.45, 7) is 4.64. The molecule has 0 radical (unpaired) electrons. The number of hydrogen-bond acceptors (Lipinski definition) is 7. The number of nitrogens with zero attached hydrogens (tertiary/aromatic N) is 1. The summed E-state index contributed by atoms with van der Waals surface area (Å²) in [4.78, 5) is 10.3. The van der Waals surface area contributed by atoms with E-state index < -0.39 is 40.3 Å². The summed E-state index contributed by atoms with van der Waals surface area (Å²) in [5.74, 6) is -1.01. The molecule has 0 heterocycles. The first-order valence-electron chi connectivity index (χ1n) is 5.74. The fraction of sp³-hybridized carbons (Fsp3) is 0.182. The van der Waals surface area contributed by atoms with E-state index in [-0.39, 0.29) is 11.3 Å². The van der Waals surface area contributed by atoms with Gasteiger partial charge in [-0.2, -0.15) is 21.6 Å². The van der Waals surface area contributed by atoms with Crippen LogP contribution in [0.3, 0.4) is 0 Å². The third-order valence-corrected chi connectivity index (χ3v) is 5.84. The number of halogens is 3. The van der Waals surface area contributed by atoms with Gasteiger partial charge in [0, 0.05) is 9.45 Å². The van der Waals surface area contributed by atoms with Crippen LogP contribution in [0.1, 0.15) is 6.92 Å². The summed E-state index contributed by atoms with van der Waals surface area (Å²) in [6, 6.07) is 3.04. The molecule has 0 saturated heterocycles. The van der Waals surface area contributed by atoms with Crippen molar-refractivity contribution in [3.05, 3.63) is 36.4 Å². The van der Waals surface area contributed by atoms with Gasteiger partial charge < -0.3 is 4.74 Å². The van der Waals surface area contributed by atoms with Crippen LogP contribution in [0.15, 0.2) is 41.3 Å². The number of carbonyl (C=O) groups is 1. The Labute approximate surface area is 134 Å².